The molecule has 0 spiro atoms. The first kappa shape index (κ1) is 17.5. The number of aliphatic imine (C=N–C) groups is 1. The normalized spacial score (nSPS) is 18.5. The van der Waals surface area contributed by atoms with Gasteiger partial charge in [0.25, 0.3) is 0 Å². The Bertz CT molecular complexity index is 729. The van der Waals surface area contributed by atoms with E-state index in [9.17, 15) is 0 Å². The van der Waals surface area contributed by atoms with Crippen molar-refractivity contribution in [2.75, 3.05) is 11.4 Å². The molecule has 3 rings (SSSR count). The molecule has 2 N–H and O–H groups in total. The standard InChI is InChI=1S/C22H29N3/c1-5-16(4)18-10-12-20(13-11-18)25-21(14-24-22(25)23)19-8-6-17(7-9-19)15(2)3/h6-13,15-16,21H,5,14H2,1-4H3,(H2,23,24)/t16?,21-/m1/s1. The van der Waals surface area contributed by atoms with Crippen molar-refractivity contribution in [2.24, 2.45) is 10.7 Å². The predicted octanol–water partition coefficient (Wildman–Crippen LogP) is 5.20. The minimum absolute atomic E-state index is 0.177. The first-order valence-corrected chi connectivity index (χ1v) is 9.30. The van der Waals surface area contributed by atoms with Gasteiger partial charge in [0.05, 0.1) is 12.6 Å². The molecular weight excluding hydrogens is 306 g/mol. The largest absolute Gasteiger partial charge is 0.369 e. The summed E-state index contributed by atoms with van der Waals surface area (Å²) in [5.41, 5.74) is 11.3. The number of guanidine groups is 1. The molecule has 1 heterocycles. The molecule has 0 amide bonds. The van der Waals surface area contributed by atoms with Gasteiger partial charge in [-0.05, 0) is 47.1 Å². The molecule has 0 fully saturated rings. The molecule has 0 saturated heterocycles. The molecule has 3 heteroatoms. The van der Waals surface area contributed by atoms with Gasteiger partial charge in [0.2, 0.25) is 0 Å². The number of hydrogen-bond acceptors (Lipinski definition) is 3. The summed E-state index contributed by atoms with van der Waals surface area (Å²) >= 11 is 0. The molecule has 0 aliphatic carbocycles. The zero-order valence-electron chi connectivity index (χ0n) is 15.7. The Morgan fingerprint density at radius 3 is 2.16 bits per heavy atom. The molecule has 2 aromatic carbocycles. The molecule has 0 aromatic heterocycles. The zero-order chi connectivity index (χ0) is 18.0. The first-order chi connectivity index (χ1) is 12.0. The van der Waals surface area contributed by atoms with Crippen LogP contribution >= 0.6 is 0 Å². The van der Waals surface area contributed by atoms with Gasteiger partial charge in [-0.15, -0.1) is 0 Å². The van der Waals surface area contributed by atoms with Crippen LogP contribution in [0.2, 0.25) is 0 Å². The highest BCUT2D eigenvalue weighted by atomic mass is 15.3. The molecule has 0 saturated carbocycles. The molecule has 1 unspecified atom stereocenters. The van der Waals surface area contributed by atoms with E-state index in [2.05, 4.69) is 86.1 Å². The van der Waals surface area contributed by atoms with Gasteiger partial charge in [-0.3, -0.25) is 4.99 Å². The third kappa shape index (κ3) is 3.55. The van der Waals surface area contributed by atoms with Crippen LogP contribution in [-0.2, 0) is 0 Å². The quantitative estimate of drug-likeness (QED) is 0.816. The highest BCUT2D eigenvalue weighted by Gasteiger charge is 2.28. The summed E-state index contributed by atoms with van der Waals surface area (Å²) < 4.78 is 0. The molecule has 2 aromatic rings. The maximum absolute atomic E-state index is 6.22. The van der Waals surface area contributed by atoms with Crippen LogP contribution in [0.3, 0.4) is 0 Å². The van der Waals surface area contributed by atoms with Gasteiger partial charge in [0.15, 0.2) is 5.96 Å². The average molecular weight is 335 g/mol. The van der Waals surface area contributed by atoms with Crippen molar-refractivity contribution in [2.45, 2.75) is 52.0 Å². The first-order valence-electron chi connectivity index (χ1n) is 9.30. The molecule has 3 nitrogen and oxygen atoms in total. The SMILES string of the molecule is CCC(C)c1ccc(N2C(N)=NC[C@@H]2c2ccc(C(C)C)cc2)cc1. The van der Waals surface area contributed by atoms with Crippen molar-refractivity contribution in [1.29, 1.82) is 0 Å². The van der Waals surface area contributed by atoms with Crippen molar-refractivity contribution in [1.82, 2.24) is 0 Å². The van der Waals surface area contributed by atoms with Crippen LogP contribution in [0.4, 0.5) is 5.69 Å². The van der Waals surface area contributed by atoms with E-state index in [1.807, 2.05) is 0 Å². The van der Waals surface area contributed by atoms with Crippen LogP contribution in [0, 0.1) is 0 Å². The summed E-state index contributed by atoms with van der Waals surface area (Å²) in [5.74, 6) is 1.73. The van der Waals surface area contributed by atoms with Gasteiger partial charge in [0, 0.05) is 5.69 Å². The molecule has 0 bridgehead atoms. The van der Waals surface area contributed by atoms with Crippen molar-refractivity contribution in [3.8, 4) is 0 Å². The Kier molecular flexibility index (Phi) is 5.12. The van der Waals surface area contributed by atoms with Gasteiger partial charge in [-0.25, -0.2) is 0 Å². The van der Waals surface area contributed by atoms with Crippen molar-refractivity contribution in [3.63, 3.8) is 0 Å². The number of nitrogens with zero attached hydrogens (tertiary/aromatic N) is 2. The Morgan fingerprint density at radius 2 is 1.60 bits per heavy atom. The highest BCUT2D eigenvalue weighted by molar-refractivity contribution is 5.97. The Hall–Kier alpha value is -2.29. The summed E-state index contributed by atoms with van der Waals surface area (Å²) in [4.78, 5) is 6.66. The molecule has 0 radical (unpaired) electrons. The van der Waals surface area contributed by atoms with Gasteiger partial charge in [0.1, 0.15) is 0 Å². The zero-order valence-corrected chi connectivity index (χ0v) is 15.7. The third-order valence-corrected chi connectivity index (χ3v) is 5.33. The molecule has 132 valence electrons. The van der Waals surface area contributed by atoms with Crippen molar-refractivity contribution >= 4 is 11.6 Å². The number of nitrogens with two attached hydrogens (primary N) is 1. The number of anilines is 1. The van der Waals surface area contributed by atoms with Crippen LogP contribution < -0.4 is 10.6 Å². The maximum atomic E-state index is 6.22. The lowest BCUT2D eigenvalue weighted by molar-refractivity contribution is 0.732. The van der Waals surface area contributed by atoms with E-state index in [1.165, 1.54) is 16.7 Å². The summed E-state index contributed by atoms with van der Waals surface area (Å²) in [6.45, 7) is 9.63. The number of benzene rings is 2. The van der Waals surface area contributed by atoms with E-state index in [1.54, 1.807) is 0 Å². The van der Waals surface area contributed by atoms with Gasteiger partial charge in [-0.1, -0.05) is 64.1 Å². The Labute approximate surface area is 151 Å². The minimum atomic E-state index is 0.177. The van der Waals surface area contributed by atoms with E-state index in [4.69, 9.17) is 5.73 Å². The average Bonchev–Trinajstić information content (AvgIpc) is 3.02. The second-order valence-electron chi connectivity index (χ2n) is 7.31. The van der Waals surface area contributed by atoms with E-state index in [0.717, 1.165) is 12.1 Å². The van der Waals surface area contributed by atoms with Gasteiger partial charge < -0.3 is 10.6 Å². The topological polar surface area (TPSA) is 41.6 Å². The van der Waals surface area contributed by atoms with Crippen LogP contribution in [0.25, 0.3) is 0 Å². The molecule has 2 atom stereocenters. The second-order valence-corrected chi connectivity index (χ2v) is 7.31. The molecule has 1 aliphatic rings. The summed E-state index contributed by atoms with van der Waals surface area (Å²) in [5, 5.41) is 0. The number of rotatable bonds is 5. The molecule has 1 aliphatic heterocycles. The molecule has 25 heavy (non-hydrogen) atoms. The van der Waals surface area contributed by atoms with Gasteiger partial charge >= 0.3 is 0 Å². The van der Waals surface area contributed by atoms with E-state index >= 15 is 0 Å². The Balaban J connectivity index is 1.86. The lowest BCUT2D eigenvalue weighted by atomic mass is 9.97. The number of hydrogen-bond donors (Lipinski definition) is 1. The smallest absolute Gasteiger partial charge is 0.196 e. The van der Waals surface area contributed by atoms with E-state index < -0.39 is 0 Å². The lowest BCUT2D eigenvalue weighted by Gasteiger charge is -2.27. The monoisotopic (exact) mass is 335 g/mol. The fraction of sp³-hybridized carbons (Fsp3) is 0.409. The van der Waals surface area contributed by atoms with E-state index in [-0.39, 0.29) is 6.04 Å². The van der Waals surface area contributed by atoms with Gasteiger partial charge in [-0.2, -0.15) is 0 Å². The highest BCUT2D eigenvalue weighted by Crippen LogP contribution is 2.32. The fourth-order valence-corrected chi connectivity index (χ4v) is 3.37. The van der Waals surface area contributed by atoms with E-state index in [0.29, 0.717) is 24.3 Å². The predicted molar refractivity (Wildman–Crippen MR) is 107 cm³/mol. The van der Waals surface area contributed by atoms with Crippen molar-refractivity contribution < 1.29 is 0 Å². The fourth-order valence-electron chi connectivity index (χ4n) is 3.37. The maximum Gasteiger partial charge on any atom is 0.196 e. The van der Waals surface area contributed by atoms with Crippen LogP contribution in [0.1, 0.15) is 68.7 Å². The van der Waals surface area contributed by atoms with Crippen LogP contribution in [0.5, 0.6) is 0 Å². The summed E-state index contributed by atoms with van der Waals surface area (Å²) in [7, 11) is 0. The Morgan fingerprint density at radius 1 is 1.00 bits per heavy atom. The van der Waals surface area contributed by atoms with Crippen LogP contribution in [-0.4, -0.2) is 12.5 Å². The molecular formula is C22H29N3. The summed E-state index contributed by atoms with van der Waals surface area (Å²) in [6, 6.07) is 17.8. The minimum Gasteiger partial charge on any atom is -0.369 e. The van der Waals surface area contributed by atoms with Crippen LogP contribution in [0.15, 0.2) is 53.5 Å². The third-order valence-electron chi connectivity index (χ3n) is 5.33. The second kappa shape index (κ2) is 7.30. The lowest BCUT2D eigenvalue weighted by Crippen LogP contribution is -2.36. The van der Waals surface area contributed by atoms with Crippen molar-refractivity contribution in [3.05, 3.63) is 65.2 Å². The summed E-state index contributed by atoms with van der Waals surface area (Å²) in [6.07, 6.45) is 1.15.